The molecule has 410 valence electrons. The lowest BCUT2D eigenvalue weighted by Gasteiger charge is -2.50. The van der Waals surface area contributed by atoms with E-state index in [-0.39, 0.29) is 11.5 Å². The van der Waals surface area contributed by atoms with Gasteiger partial charge in [0.15, 0.2) is 0 Å². The van der Waals surface area contributed by atoms with Gasteiger partial charge in [-0.15, -0.1) is 0 Å². The summed E-state index contributed by atoms with van der Waals surface area (Å²) in [6, 6.07) is 38.8. The van der Waals surface area contributed by atoms with Gasteiger partial charge in [0.2, 0.25) is 0 Å². The minimum absolute atomic E-state index is 0.0534. The number of nitrogens with zero attached hydrogens (tertiary/aromatic N) is 4. The Bertz CT molecular complexity index is 8990. The number of likely N-dealkylation sites (tertiary alicyclic amines) is 1. The van der Waals surface area contributed by atoms with E-state index in [0.29, 0.717) is 0 Å². The van der Waals surface area contributed by atoms with Gasteiger partial charge in [0.25, 0.3) is 0 Å². The monoisotopic (exact) mass is 1170 g/mol. The maximum atomic E-state index is 4.87. The van der Waals surface area contributed by atoms with Crippen molar-refractivity contribution < 1.29 is 0 Å². The summed E-state index contributed by atoms with van der Waals surface area (Å²) >= 11 is 0. The molecule has 4 nitrogen and oxygen atoms in total. The number of rotatable bonds is 7. The van der Waals surface area contributed by atoms with Crippen LogP contribution in [0.1, 0.15) is 45.0 Å². The Hall–Kier alpha value is -11.4. The van der Waals surface area contributed by atoms with Crippen LogP contribution in [-0.4, -0.2) is 31.8 Å². The van der Waals surface area contributed by atoms with Crippen molar-refractivity contribution >= 4 is 320 Å². The zero-order valence-corrected chi connectivity index (χ0v) is 50.0. The highest BCUT2D eigenvalue weighted by atomic mass is 15.4. The fourth-order valence-corrected chi connectivity index (χ4v) is 29.1. The van der Waals surface area contributed by atoms with Crippen molar-refractivity contribution in [3.63, 3.8) is 0 Å². The molecule has 3 atom stereocenters. The number of anilines is 4. The highest BCUT2D eigenvalue weighted by Gasteiger charge is 2.76. The molecule has 4 aliphatic carbocycles. The molecule has 0 amide bonds. The van der Waals surface area contributed by atoms with E-state index >= 15 is 0 Å². The zero-order valence-electron chi connectivity index (χ0n) is 50.0. The van der Waals surface area contributed by atoms with E-state index in [0.717, 1.165) is 29.2 Å². The van der Waals surface area contributed by atoms with Gasteiger partial charge in [0, 0.05) is 36.7 Å². The van der Waals surface area contributed by atoms with Gasteiger partial charge in [0.1, 0.15) is 0 Å². The number of benzene rings is 21. The molecule has 5 aliphatic rings. The zero-order chi connectivity index (χ0) is 58.0. The molecular formula is C90H30N4. The van der Waals surface area contributed by atoms with Crippen molar-refractivity contribution in [2.45, 2.75) is 23.8 Å². The molecule has 1 aliphatic heterocycles. The highest BCUT2D eigenvalue weighted by Crippen LogP contribution is 2.87. The van der Waals surface area contributed by atoms with Crippen molar-refractivity contribution in [1.29, 1.82) is 0 Å². The van der Waals surface area contributed by atoms with Gasteiger partial charge in [-0.1, -0.05) is 60.2 Å². The predicted molar refractivity (Wildman–Crippen MR) is 398 cm³/mol. The van der Waals surface area contributed by atoms with Gasteiger partial charge in [0.05, 0.1) is 22.7 Å². The second kappa shape index (κ2) is 10.2. The van der Waals surface area contributed by atoms with E-state index in [9.17, 15) is 0 Å². The van der Waals surface area contributed by atoms with Gasteiger partial charge in [-0.2, -0.15) is 5.10 Å². The summed E-state index contributed by atoms with van der Waals surface area (Å²) < 4.78 is 0. The van der Waals surface area contributed by atoms with Crippen LogP contribution in [0.15, 0.2) is 108 Å². The van der Waals surface area contributed by atoms with Crippen LogP contribution >= 0.6 is 0 Å². The Morgan fingerprint density at radius 3 is 0.979 bits per heavy atom. The highest BCUT2D eigenvalue weighted by molar-refractivity contribution is 6.82. The SMILES string of the molecule is Cc1ccc(N(c2ccc(/C=N/N(C)c3ccccc3)cc2)c2ccc(C3N(C)CC45c6c7c8c9c%10c%11c(c%12c%13c4c4c%14c6c6c%15c7c7c9c9c%10c%10c%16c%11c%12c%11c%12c%13c4c4c%13c%14c6c6c%14c%15c7c7c9c9c%10c%10c%16c%11c%11c%12c4c4c%13c6c6c%14c7c9c7c%10c%11c4c67)C835)cc2)cc1. The first kappa shape index (κ1) is 39.7. The number of hydrazone groups is 1. The fraction of sp³-hybridized carbons (Fsp3) is 0.0778. The topological polar surface area (TPSA) is 22.1 Å². The van der Waals surface area contributed by atoms with Crippen molar-refractivity contribution in [2.75, 3.05) is 30.5 Å². The van der Waals surface area contributed by atoms with E-state index < -0.39 is 5.41 Å². The van der Waals surface area contributed by atoms with Crippen LogP contribution < -0.4 is 9.91 Å². The number of hydrogen-bond donors (Lipinski definition) is 0. The Morgan fingerprint density at radius 1 is 0.319 bits per heavy atom. The number of para-hydroxylation sites is 1. The summed E-state index contributed by atoms with van der Waals surface area (Å²) in [4.78, 5) is 5.44. The summed E-state index contributed by atoms with van der Waals surface area (Å²) in [6.07, 6.45) is 1.98. The summed E-state index contributed by atoms with van der Waals surface area (Å²) in [5, 5.41) is 96.1. The van der Waals surface area contributed by atoms with Gasteiger partial charge >= 0.3 is 0 Å². The maximum absolute atomic E-state index is 4.87. The second-order valence-corrected chi connectivity index (χ2v) is 32.2. The fourth-order valence-electron chi connectivity index (χ4n) is 29.1. The van der Waals surface area contributed by atoms with Crippen molar-refractivity contribution in [3.8, 4) is 0 Å². The summed E-state index contributed by atoms with van der Waals surface area (Å²) in [5.41, 5.74) is 14.5. The third kappa shape index (κ3) is 2.64. The molecule has 0 N–H and O–H groups in total. The smallest absolute Gasteiger partial charge is 0.0590 e. The summed E-state index contributed by atoms with van der Waals surface area (Å²) in [5.74, 6) is 0. The van der Waals surface area contributed by atoms with E-state index in [2.05, 4.69) is 127 Å². The molecule has 1 fully saturated rings. The summed E-state index contributed by atoms with van der Waals surface area (Å²) in [6.45, 7) is 3.19. The molecule has 3 unspecified atom stereocenters. The Kier molecular flexibility index (Phi) is 4.32. The molecular weight excluding hydrogens is 1140 g/mol. The maximum Gasteiger partial charge on any atom is 0.0590 e. The third-order valence-corrected chi connectivity index (χ3v) is 30.3. The van der Waals surface area contributed by atoms with Crippen LogP contribution in [0.2, 0.25) is 0 Å². The lowest BCUT2D eigenvalue weighted by Crippen LogP contribution is -2.50. The first-order chi connectivity index (χ1) is 46.6. The molecule has 4 heteroatoms. The predicted octanol–water partition coefficient (Wildman–Crippen LogP) is 23.2. The minimum Gasteiger partial charge on any atom is -0.311 e. The molecule has 0 radical (unpaired) electrons. The second-order valence-electron chi connectivity index (χ2n) is 32.2. The van der Waals surface area contributed by atoms with Crippen molar-refractivity contribution in [2.24, 2.45) is 5.10 Å². The van der Waals surface area contributed by atoms with Gasteiger partial charge in [-0.05, 0) is 387 Å². The van der Waals surface area contributed by atoms with Crippen LogP contribution in [0.4, 0.5) is 22.7 Å². The normalized spacial score (nSPS) is 20.8. The van der Waals surface area contributed by atoms with Crippen molar-refractivity contribution in [3.05, 3.63) is 142 Å². The quantitative estimate of drug-likeness (QED) is 0.0902. The van der Waals surface area contributed by atoms with Gasteiger partial charge < -0.3 is 4.90 Å². The molecule has 2 spiro atoms. The van der Waals surface area contributed by atoms with E-state index in [1.165, 1.54) is 16.8 Å². The molecule has 0 bridgehead atoms. The Morgan fingerprint density at radius 2 is 0.596 bits per heavy atom. The molecule has 1 heterocycles. The Labute approximate surface area is 523 Å². The molecule has 0 saturated carbocycles. The van der Waals surface area contributed by atoms with E-state index in [4.69, 9.17) is 5.10 Å². The first-order valence-electron chi connectivity index (χ1n) is 34.4. The average molecular weight is 1170 g/mol. The van der Waals surface area contributed by atoms with Gasteiger partial charge in [-0.3, -0.25) is 9.91 Å². The lowest BCUT2D eigenvalue weighted by atomic mass is 9.49. The molecule has 37 rings (SSSR count). The average Bonchev–Trinajstić information content (AvgIpc) is 1.38. The largest absolute Gasteiger partial charge is 0.311 e. The van der Waals surface area contributed by atoms with Crippen LogP contribution in [-0.2, 0) is 10.8 Å². The Balaban J connectivity index is 0.766. The van der Waals surface area contributed by atoms with Gasteiger partial charge in [-0.25, -0.2) is 0 Å². The van der Waals surface area contributed by atoms with Crippen molar-refractivity contribution in [1.82, 2.24) is 4.90 Å². The number of likely N-dealkylation sites (N-methyl/N-ethyl adjacent to an activating group) is 1. The van der Waals surface area contributed by atoms with Crippen LogP contribution in [0.3, 0.4) is 0 Å². The number of hydrogen-bond acceptors (Lipinski definition) is 4. The third-order valence-electron chi connectivity index (χ3n) is 30.3. The molecule has 0 aromatic heterocycles. The molecule has 32 aromatic rings. The molecule has 94 heavy (non-hydrogen) atoms. The minimum atomic E-state index is -0.419. The molecule has 1 saturated heterocycles. The van der Waals surface area contributed by atoms with Crippen LogP contribution in [0, 0.1) is 6.92 Å². The van der Waals surface area contributed by atoms with Crippen LogP contribution in [0.25, 0.3) is 291 Å². The van der Waals surface area contributed by atoms with E-state index in [1.807, 2.05) is 18.3 Å². The summed E-state index contributed by atoms with van der Waals surface area (Å²) in [7, 11) is 4.60. The standard InChI is InChI=1S/C90H30N4/c1-23-9-15-27(16-10-23)94(28-17-11-24(12-18-28)21-91-93(3)26-7-5-4-6-8-26)29-19-13-25(14-20-29)88-90-86-79-71-59-51-42-33-31-30-32-36(33)45-52-50-41(32)43-39-34(30)37-38-35(31)40-44(42)57(59)65-63-49(40)47(38)55-54-46(37)48(39)62-64-56(43)58(50)70-72-60(52)61(53(45)51)73(71)82(86)81(72)84-77(70)75(64)78-68(62)66(54)74-67(55)69(63)80(76(65)79)87(90)83(74)85(78)89(84,90)22-92(88)2/h4-21,88H,22H2,1-3H3/b91-21+. The lowest BCUT2D eigenvalue weighted by molar-refractivity contribution is 0.272. The van der Waals surface area contributed by atoms with Crippen LogP contribution in [0.5, 0.6) is 0 Å². The van der Waals surface area contributed by atoms with E-state index in [1.54, 1.807) is 313 Å². The number of aryl methyl sites for hydroxylation is 1. The molecule has 32 aromatic carbocycles. The first-order valence-corrected chi connectivity index (χ1v) is 34.4.